The minimum Gasteiger partial charge on any atom is -0.341 e. The van der Waals surface area contributed by atoms with Crippen molar-refractivity contribution in [3.8, 4) is 0 Å². The fourth-order valence-electron chi connectivity index (χ4n) is 2.55. The van der Waals surface area contributed by atoms with Crippen molar-refractivity contribution in [3.63, 3.8) is 0 Å². The van der Waals surface area contributed by atoms with Crippen molar-refractivity contribution in [2.75, 3.05) is 39.3 Å². The lowest BCUT2D eigenvalue weighted by Crippen LogP contribution is -2.53. The minimum absolute atomic E-state index is 0.288. The molecule has 0 saturated carbocycles. The summed E-state index contributed by atoms with van der Waals surface area (Å²) in [5.41, 5.74) is 0. The van der Waals surface area contributed by atoms with Crippen LogP contribution in [-0.2, 0) is 4.79 Å². The van der Waals surface area contributed by atoms with Gasteiger partial charge in [-0.15, -0.1) is 0 Å². The van der Waals surface area contributed by atoms with Crippen LogP contribution in [-0.4, -0.2) is 61.0 Å². The van der Waals surface area contributed by atoms with Crippen LogP contribution < -0.4 is 5.32 Å². The number of amides is 1. The summed E-state index contributed by atoms with van der Waals surface area (Å²) in [7, 11) is 0. The highest BCUT2D eigenvalue weighted by Gasteiger charge is 2.23. The van der Waals surface area contributed by atoms with E-state index in [1.807, 2.05) is 4.90 Å². The van der Waals surface area contributed by atoms with Crippen molar-refractivity contribution in [1.29, 1.82) is 0 Å². The van der Waals surface area contributed by atoms with Crippen molar-refractivity contribution < 1.29 is 4.79 Å². The van der Waals surface area contributed by atoms with Crippen molar-refractivity contribution in [2.24, 2.45) is 11.8 Å². The van der Waals surface area contributed by atoms with Crippen LogP contribution in [0, 0.1) is 11.8 Å². The number of hydrogen-bond acceptors (Lipinski definition) is 3. The molecule has 1 aliphatic rings. The van der Waals surface area contributed by atoms with Gasteiger partial charge in [0.25, 0.3) is 0 Å². The van der Waals surface area contributed by atoms with Crippen LogP contribution in [0.15, 0.2) is 0 Å². The van der Waals surface area contributed by atoms with E-state index in [-0.39, 0.29) is 5.91 Å². The Morgan fingerprint density at radius 3 is 2.32 bits per heavy atom. The smallest absolute Gasteiger partial charge is 0.236 e. The lowest BCUT2D eigenvalue weighted by molar-refractivity contribution is -0.134. The lowest BCUT2D eigenvalue weighted by Gasteiger charge is -2.35. The van der Waals surface area contributed by atoms with E-state index >= 15 is 0 Å². The zero-order chi connectivity index (χ0) is 14.4. The van der Waals surface area contributed by atoms with Crippen LogP contribution in [0.25, 0.3) is 0 Å². The van der Waals surface area contributed by atoms with Gasteiger partial charge in [-0.3, -0.25) is 9.69 Å². The Kier molecular flexibility index (Phi) is 6.80. The normalized spacial score (nSPS) is 21.1. The molecule has 4 heteroatoms. The van der Waals surface area contributed by atoms with Crippen LogP contribution in [0.2, 0.25) is 0 Å². The van der Waals surface area contributed by atoms with E-state index < -0.39 is 0 Å². The van der Waals surface area contributed by atoms with Gasteiger partial charge in [-0.1, -0.05) is 27.7 Å². The SMILES string of the molecule is CC(C)CN(CC(C)C)C(=O)CN1CCNC[C@H]1C. The largest absolute Gasteiger partial charge is 0.341 e. The summed E-state index contributed by atoms with van der Waals surface area (Å²) in [5, 5.41) is 3.36. The average Bonchev–Trinajstić information content (AvgIpc) is 2.30. The fraction of sp³-hybridized carbons (Fsp3) is 0.933. The maximum atomic E-state index is 12.5. The van der Waals surface area contributed by atoms with Crippen LogP contribution in [0.1, 0.15) is 34.6 Å². The summed E-state index contributed by atoms with van der Waals surface area (Å²) >= 11 is 0. The Labute approximate surface area is 118 Å². The van der Waals surface area contributed by atoms with Gasteiger partial charge < -0.3 is 10.2 Å². The van der Waals surface area contributed by atoms with E-state index in [4.69, 9.17) is 0 Å². The molecule has 1 rings (SSSR count). The lowest BCUT2D eigenvalue weighted by atomic mass is 10.1. The summed E-state index contributed by atoms with van der Waals surface area (Å²) in [6.45, 7) is 16.2. The molecule has 0 aromatic heterocycles. The van der Waals surface area contributed by atoms with E-state index in [2.05, 4.69) is 44.8 Å². The molecule has 112 valence electrons. The first-order valence-corrected chi connectivity index (χ1v) is 7.62. The van der Waals surface area contributed by atoms with Gasteiger partial charge >= 0.3 is 0 Å². The summed E-state index contributed by atoms with van der Waals surface area (Å²) in [4.78, 5) is 16.8. The van der Waals surface area contributed by atoms with E-state index in [0.717, 1.165) is 32.7 Å². The van der Waals surface area contributed by atoms with Crippen molar-refractivity contribution >= 4 is 5.91 Å². The number of carbonyl (C=O) groups is 1. The second-order valence-electron chi connectivity index (χ2n) is 6.61. The highest BCUT2D eigenvalue weighted by molar-refractivity contribution is 5.78. The highest BCUT2D eigenvalue weighted by atomic mass is 16.2. The monoisotopic (exact) mass is 269 g/mol. The zero-order valence-electron chi connectivity index (χ0n) is 13.3. The third-order valence-corrected chi connectivity index (χ3v) is 3.50. The Morgan fingerprint density at radius 2 is 1.84 bits per heavy atom. The zero-order valence-corrected chi connectivity index (χ0v) is 13.3. The Hall–Kier alpha value is -0.610. The van der Waals surface area contributed by atoms with Gasteiger partial charge in [-0.2, -0.15) is 0 Å². The molecule has 0 aliphatic carbocycles. The molecule has 19 heavy (non-hydrogen) atoms. The predicted molar refractivity (Wildman–Crippen MR) is 80.2 cm³/mol. The van der Waals surface area contributed by atoms with Gasteiger partial charge in [0.2, 0.25) is 5.91 Å². The van der Waals surface area contributed by atoms with Gasteiger partial charge in [0.1, 0.15) is 0 Å². The molecule has 0 unspecified atom stereocenters. The molecule has 1 aliphatic heterocycles. The molecule has 1 fully saturated rings. The molecule has 0 spiro atoms. The van der Waals surface area contributed by atoms with Crippen LogP contribution in [0.3, 0.4) is 0 Å². The molecule has 0 aromatic carbocycles. The summed E-state index contributed by atoms with van der Waals surface area (Å²) in [5.74, 6) is 1.35. The molecule has 1 heterocycles. The number of carbonyl (C=O) groups excluding carboxylic acids is 1. The standard InChI is InChI=1S/C15H31N3O/c1-12(2)9-18(10-13(3)4)15(19)11-17-7-6-16-8-14(17)5/h12-14,16H,6-11H2,1-5H3/t14-/m1/s1. The molecule has 0 bridgehead atoms. The fourth-order valence-corrected chi connectivity index (χ4v) is 2.55. The van der Waals surface area contributed by atoms with Crippen LogP contribution in [0.4, 0.5) is 0 Å². The van der Waals surface area contributed by atoms with Crippen molar-refractivity contribution in [1.82, 2.24) is 15.1 Å². The van der Waals surface area contributed by atoms with E-state index in [9.17, 15) is 4.79 Å². The van der Waals surface area contributed by atoms with Gasteiger partial charge in [-0.25, -0.2) is 0 Å². The second-order valence-corrected chi connectivity index (χ2v) is 6.61. The number of nitrogens with zero attached hydrogens (tertiary/aromatic N) is 2. The second kappa shape index (κ2) is 7.85. The highest BCUT2D eigenvalue weighted by Crippen LogP contribution is 2.08. The Morgan fingerprint density at radius 1 is 1.26 bits per heavy atom. The number of piperazine rings is 1. The van der Waals surface area contributed by atoms with E-state index in [1.54, 1.807) is 0 Å². The van der Waals surface area contributed by atoms with Crippen molar-refractivity contribution in [3.05, 3.63) is 0 Å². The third kappa shape index (κ3) is 5.91. The molecule has 1 saturated heterocycles. The molecule has 1 atom stereocenters. The van der Waals surface area contributed by atoms with Crippen LogP contribution >= 0.6 is 0 Å². The predicted octanol–water partition coefficient (Wildman–Crippen LogP) is 1.42. The summed E-state index contributed by atoms with van der Waals surface area (Å²) < 4.78 is 0. The first-order valence-electron chi connectivity index (χ1n) is 7.62. The molecule has 1 N–H and O–H groups in total. The number of hydrogen-bond donors (Lipinski definition) is 1. The summed E-state index contributed by atoms with van der Waals surface area (Å²) in [6.07, 6.45) is 0. The molecule has 0 radical (unpaired) electrons. The molecule has 4 nitrogen and oxygen atoms in total. The average molecular weight is 269 g/mol. The van der Waals surface area contributed by atoms with Crippen LogP contribution in [0.5, 0.6) is 0 Å². The third-order valence-electron chi connectivity index (χ3n) is 3.50. The number of rotatable bonds is 6. The number of nitrogens with one attached hydrogen (secondary N) is 1. The molecular formula is C15H31N3O. The first kappa shape index (κ1) is 16.4. The van der Waals surface area contributed by atoms with Gasteiger partial charge in [0, 0.05) is 38.8 Å². The Bertz CT molecular complexity index is 269. The quantitative estimate of drug-likeness (QED) is 0.792. The molecular weight excluding hydrogens is 238 g/mol. The Balaban J connectivity index is 2.54. The van der Waals surface area contributed by atoms with Crippen molar-refractivity contribution in [2.45, 2.75) is 40.7 Å². The van der Waals surface area contributed by atoms with Gasteiger partial charge in [-0.05, 0) is 18.8 Å². The topological polar surface area (TPSA) is 35.6 Å². The molecule has 1 amide bonds. The van der Waals surface area contributed by atoms with Gasteiger partial charge in [0.15, 0.2) is 0 Å². The van der Waals surface area contributed by atoms with E-state index in [0.29, 0.717) is 24.4 Å². The summed E-state index contributed by atoms with van der Waals surface area (Å²) in [6, 6.07) is 0.456. The first-order chi connectivity index (χ1) is 8.90. The van der Waals surface area contributed by atoms with E-state index in [1.165, 1.54) is 0 Å². The maximum absolute atomic E-state index is 12.5. The van der Waals surface area contributed by atoms with Gasteiger partial charge in [0.05, 0.1) is 6.54 Å². The molecule has 0 aromatic rings. The minimum atomic E-state index is 0.288. The maximum Gasteiger partial charge on any atom is 0.236 e.